The van der Waals surface area contributed by atoms with E-state index in [0.717, 1.165) is 10.0 Å². The second-order valence-electron chi connectivity index (χ2n) is 5.76. The lowest BCUT2D eigenvalue weighted by Crippen LogP contribution is -2.34. The predicted octanol–water partition coefficient (Wildman–Crippen LogP) is 1.64. The number of nitrogens with one attached hydrogen (secondary N) is 2. The zero-order valence-corrected chi connectivity index (χ0v) is 15.2. The van der Waals surface area contributed by atoms with Gasteiger partial charge in [0.25, 0.3) is 0 Å². The minimum Gasteiger partial charge on any atom is -0.347 e. The van der Waals surface area contributed by atoms with Gasteiger partial charge in [0.2, 0.25) is 11.8 Å². The summed E-state index contributed by atoms with van der Waals surface area (Å²) in [4.78, 5) is 23.6. The predicted molar refractivity (Wildman–Crippen MR) is 91.9 cm³/mol. The second-order valence-corrected chi connectivity index (χ2v) is 8.90. The lowest BCUT2D eigenvalue weighted by molar-refractivity contribution is -0.124. The fourth-order valence-corrected chi connectivity index (χ4v) is 4.85. The first-order valence-corrected chi connectivity index (χ1v) is 9.90. The van der Waals surface area contributed by atoms with E-state index in [1.165, 1.54) is 0 Å². The molecule has 0 spiro atoms. The third kappa shape index (κ3) is 5.62. The molecule has 126 valence electrons. The maximum absolute atomic E-state index is 11.9. The summed E-state index contributed by atoms with van der Waals surface area (Å²) >= 11 is 3.35. The minimum atomic E-state index is -2.98. The van der Waals surface area contributed by atoms with Gasteiger partial charge in [-0.3, -0.25) is 9.59 Å². The van der Waals surface area contributed by atoms with Crippen molar-refractivity contribution in [3.63, 3.8) is 0 Å². The minimum absolute atomic E-state index is 0.0602. The quantitative estimate of drug-likeness (QED) is 0.782. The molecule has 2 N–H and O–H groups in total. The van der Waals surface area contributed by atoms with Gasteiger partial charge in [-0.15, -0.1) is 0 Å². The molecule has 1 aromatic carbocycles. The van der Waals surface area contributed by atoms with Gasteiger partial charge in [0.1, 0.15) is 0 Å². The van der Waals surface area contributed by atoms with Crippen molar-refractivity contribution in [3.8, 4) is 0 Å². The second kappa shape index (κ2) is 7.44. The summed E-state index contributed by atoms with van der Waals surface area (Å²) in [5.41, 5.74) is 1.60. The number of hydrogen-bond acceptors (Lipinski definition) is 4. The van der Waals surface area contributed by atoms with Crippen LogP contribution < -0.4 is 10.6 Å². The molecule has 0 aliphatic carbocycles. The average Bonchev–Trinajstić information content (AvgIpc) is 2.79. The van der Waals surface area contributed by atoms with Crippen molar-refractivity contribution in [2.75, 3.05) is 23.4 Å². The van der Waals surface area contributed by atoms with Gasteiger partial charge in [-0.2, -0.15) is 0 Å². The van der Waals surface area contributed by atoms with Gasteiger partial charge in [0.05, 0.1) is 18.1 Å². The lowest BCUT2D eigenvalue weighted by atomic mass is 10.1. The maximum Gasteiger partial charge on any atom is 0.243 e. The summed E-state index contributed by atoms with van der Waals surface area (Å²) in [6.07, 6.45) is 0.657. The van der Waals surface area contributed by atoms with E-state index in [1.54, 1.807) is 6.07 Å². The Morgan fingerprint density at radius 2 is 2.04 bits per heavy atom. The van der Waals surface area contributed by atoms with Gasteiger partial charge in [0, 0.05) is 16.6 Å². The molecular weight excluding hydrogens is 384 g/mol. The number of amides is 2. The van der Waals surface area contributed by atoms with E-state index in [0.29, 0.717) is 12.1 Å². The molecule has 6 nitrogen and oxygen atoms in total. The fraction of sp³-hybridized carbons (Fsp3) is 0.467. The molecule has 8 heteroatoms. The standard InChI is InChI=1S/C15H19BrN2O4S/c1-10-6-12(16)2-3-13(10)18-15(20)8-17-14(19)7-11-4-5-23(21,22)9-11/h2-3,6,11H,4-5,7-9H2,1H3,(H,17,19)(H,18,20)/t11-/m0/s1. The van der Waals surface area contributed by atoms with Gasteiger partial charge in [0.15, 0.2) is 9.84 Å². The first-order chi connectivity index (χ1) is 10.7. The van der Waals surface area contributed by atoms with E-state index >= 15 is 0 Å². The topological polar surface area (TPSA) is 92.3 Å². The van der Waals surface area contributed by atoms with Crippen LogP contribution in [0.4, 0.5) is 5.69 Å². The molecule has 2 rings (SSSR count). The molecule has 23 heavy (non-hydrogen) atoms. The Hall–Kier alpha value is -1.41. The third-order valence-corrected chi connectivity index (χ3v) is 6.04. The van der Waals surface area contributed by atoms with Crippen LogP contribution in [0.3, 0.4) is 0 Å². The molecular formula is C15H19BrN2O4S. The monoisotopic (exact) mass is 402 g/mol. The molecule has 1 fully saturated rings. The Morgan fingerprint density at radius 1 is 1.30 bits per heavy atom. The molecule has 1 aliphatic heterocycles. The molecule has 1 heterocycles. The van der Waals surface area contributed by atoms with Crippen molar-refractivity contribution < 1.29 is 18.0 Å². The Bertz CT molecular complexity index is 718. The Labute approximate surface area is 144 Å². The number of sulfone groups is 1. The Kier molecular flexibility index (Phi) is 5.80. The first-order valence-electron chi connectivity index (χ1n) is 7.28. The molecule has 2 amide bonds. The molecule has 0 radical (unpaired) electrons. The average molecular weight is 403 g/mol. The van der Waals surface area contributed by atoms with Crippen LogP contribution in [0.25, 0.3) is 0 Å². The number of carbonyl (C=O) groups excluding carboxylic acids is 2. The van der Waals surface area contributed by atoms with Crippen LogP contribution in [0.1, 0.15) is 18.4 Å². The van der Waals surface area contributed by atoms with E-state index in [1.807, 2.05) is 19.1 Å². The Balaban J connectivity index is 1.77. The summed E-state index contributed by atoms with van der Waals surface area (Å²) in [6.45, 7) is 1.74. The highest BCUT2D eigenvalue weighted by Crippen LogP contribution is 2.21. The fourth-order valence-electron chi connectivity index (χ4n) is 2.51. The zero-order valence-electron chi connectivity index (χ0n) is 12.8. The van der Waals surface area contributed by atoms with E-state index in [-0.39, 0.29) is 42.2 Å². The maximum atomic E-state index is 11.9. The summed E-state index contributed by atoms with van der Waals surface area (Å²) in [5.74, 6) is -0.548. The van der Waals surface area contributed by atoms with Crippen molar-refractivity contribution in [3.05, 3.63) is 28.2 Å². The number of anilines is 1. The largest absolute Gasteiger partial charge is 0.347 e. The van der Waals surface area contributed by atoms with Crippen molar-refractivity contribution in [1.29, 1.82) is 0 Å². The number of halogens is 1. The third-order valence-electron chi connectivity index (χ3n) is 3.71. The van der Waals surface area contributed by atoms with E-state index < -0.39 is 9.84 Å². The summed E-state index contributed by atoms with van der Waals surface area (Å²) < 4.78 is 23.6. The van der Waals surface area contributed by atoms with Crippen LogP contribution >= 0.6 is 15.9 Å². The lowest BCUT2D eigenvalue weighted by Gasteiger charge is -2.11. The SMILES string of the molecule is Cc1cc(Br)ccc1NC(=O)CNC(=O)C[C@@H]1CCS(=O)(=O)C1. The highest BCUT2D eigenvalue weighted by Gasteiger charge is 2.29. The van der Waals surface area contributed by atoms with Crippen LogP contribution in [0, 0.1) is 12.8 Å². The van der Waals surface area contributed by atoms with Crippen molar-refractivity contribution in [2.45, 2.75) is 19.8 Å². The molecule has 1 aliphatic rings. The van der Waals surface area contributed by atoms with Crippen molar-refractivity contribution in [1.82, 2.24) is 5.32 Å². The summed E-state index contributed by atoms with van der Waals surface area (Å²) in [7, 11) is -2.98. The van der Waals surface area contributed by atoms with Crippen LogP contribution in [-0.2, 0) is 19.4 Å². The van der Waals surface area contributed by atoms with E-state index in [4.69, 9.17) is 0 Å². The molecule has 0 saturated carbocycles. The number of hydrogen-bond donors (Lipinski definition) is 2. The van der Waals surface area contributed by atoms with Crippen LogP contribution in [-0.4, -0.2) is 38.3 Å². The normalized spacial score (nSPS) is 19.3. The summed E-state index contributed by atoms with van der Waals surface area (Å²) in [6, 6.07) is 5.49. The molecule has 1 saturated heterocycles. The number of rotatable bonds is 5. The van der Waals surface area contributed by atoms with Crippen LogP contribution in [0.5, 0.6) is 0 Å². The smallest absolute Gasteiger partial charge is 0.243 e. The first kappa shape index (κ1) is 17.9. The number of benzene rings is 1. The molecule has 0 aromatic heterocycles. The summed E-state index contributed by atoms with van der Waals surface area (Å²) in [5, 5.41) is 5.26. The van der Waals surface area contributed by atoms with E-state index in [9.17, 15) is 18.0 Å². The highest BCUT2D eigenvalue weighted by molar-refractivity contribution is 9.10. The van der Waals surface area contributed by atoms with Gasteiger partial charge in [-0.1, -0.05) is 15.9 Å². The molecule has 1 atom stereocenters. The zero-order chi connectivity index (χ0) is 17.0. The van der Waals surface area contributed by atoms with Crippen molar-refractivity contribution >= 4 is 43.3 Å². The molecule has 0 bridgehead atoms. The van der Waals surface area contributed by atoms with Gasteiger partial charge >= 0.3 is 0 Å². The van der Waals surface area contributed by atoms with Gasteiger partial charge in [-0.25, -0.2) is 8.42 Å². The van der Waals surface area contributed by atoms with Crippen LogP contribution in [0.15, 0.2) is 22.7 Å². The number of aryl methyl sites for hydroxylation is 1. The Morgan fingerprint density at radius 3 is 2.65 bits per heavy atom. The van der Waals surface area contributed by atoms with Crippen LogP contribution in [0.2, 0.25) is 0 Å². The van der Waals surface area contributed by atoms with Gasteiger partial charge < -0.3 is 10.6 Å². The number of carbonyl (C=O) groups is 2. The molecule has 0 unspecified atom stereocenters. The molecule has 1 aromatic rings. The van der Waals surface area contributed by atoms with Crippen molar-refractivity contribution in [2.24, 2.45) is 5.92 Å². The van der Waals surface area contributed by atoms with E-state index in [2.05, 4.69) is 26.6 Å². The van der Waals surface area contributed by atoms with Gasteiger partial charge in [-0.05, 0) is 43.0 Å². The highest BCUT2D eigenvalue weighted by atomic mass is 79.9.